The summed E-state index contributed by atoms with van der Waals surface area (Å²) in [5.74, 6) is -0.282. The lowest BCUT2D eigenvalue weighted by molar-refractivity contribution is -0.148. The normalized spacial score (nSPS) is 10.9. The number of carbonyl (C=O) groups is 2. The van der Waals surface area contributed by atoms with Crippen molar-refractivity contribution in [2.75, 3.05) is 13.7 Å². The Kier molecular flexibility index (Phi) is 7.82. The molecule has 5 heteroatoms. The van der Waals surface area contributed by atoms with E-state index in [1.807, 2.05) is 45.9 Å². The number of nitrogens with zero attached hydrogens (tertiary/aromatic N) is 1. The van der Waals surface area contributed by atoms with Crippen molar-refractivity contribution in [1.82, 2.24) is 10.2 Å². The van der Waals surface area contributed by atoms with Gasteiger partial charge in [0.2, 0.25) is 0 Å². The van der Waals surface area contributed by atoms with E-state index in [1.54, 1.807) is 12.0 Å². The number of rotatable bonds is 7. The molecule has 0 saturated carbocycles. The predicted octanol–water partition coefficient (Wildman–Crippen LogP) is 3.97. The topological polar surface area (TPSA) is 58.6 Å². The van der Waals surface area contributed by atoms with Crippen LogP contribution in [0.3, 0.4) is 0 Å². The second kappa shape index (κ2) is 10.1. The first-order chi connectivity index (χ1) is 13.7. The van der Waals surface area contributed by atoms with Crippen LogP contribution in [0.2, 0.25) is 0 Å². The molecule has 29 heavy (non-hydrogen) atoms. The Morgan fingerprint density at radius 1 is 1.00 bits per heavy atom. The van der Waals surface area contributed by atoms with Crippen LogP contribution >= 0.6 is 0 Å². The number of carbonyl (C=O) groups excluding carboxylic acids is 2. The van der Waals surface area contributed by atoms with Gasteiger partial charge in [-0.05, 0) is 69.9 Å². The minimum absolute atomic E-state index is 0.0280. The zero-order valence-electron chi connectivity index (χ0n) is 18.3. The molecule has 0 saturated heterocycles. The molecular formula is C24H32N2O3. The first-order valence-electron chi connectivity index (χ1n) is 10.1. The summed E-state index contributed by atoms with van der Waals surface area (Å²) in [7, 11) is 1.64. The van der Waals surface area contributed by atoms with Crippen LogP contribution in [-0.4, -0.2) is 42.5 Å². The van der Waals surface area contributed by atoms with Crippen molar-refractivity contribution in [3.05, 3.63) is 53.6 Å². The molecule has 156 valence electrons. The molecule has 5 nitrogen and oxygen atoms in total. The van der Waals surface area contributed by atoms with Gasteiger partial charge in [-0.3, -0.25) is 9.59 Å². The standard InChI is InChI=1S/C24H32N2O3/c1-16(2)26(17(3)4)24(28)23(27)25-14-13-20-15-21(29-6)11-12-22(20)19-9-7-18(5)8-10-19/h7-12,15-17H,13-14H2,1-6H3,(H,25,27). The molecular weight excluding hydrogens is 364 g/mol. The van der Waals surface area contributed by atoms with E-state index in [-0.39, 0.29) is 12.1 Å². The lowest BCUT2D eigenvalue weighted by Crippen LogP contribution is -2.49. The Morgan fingerprint density at radius 2 is 1.62 bits per heavy atom. The minimum Gasteiger partial charge on any atom is -0.497 e. The molecule has 0 aliphatic carbocycles. The van der Waals surface area contributed by atoms with Gasteiger partial charge in [-0.25, -0.2) is 0 Å². The highest BCUT2D eigenvalue weighted by Crippen LogP contribution is 2.28. The fourth-order valence-corrected chi connectivity index (χ4v) is 3.49. The third-order valence-electron chi connectivity index (χ3n) is 4.90. The number of nitrogens with one attached hydrogen (secondary N) is 1. The molecule has 0 atom stereocenters. The number of ether oxygens (including phenoxy) is 1. The van der Waals surface area contributed by atoms with Crippen molar-refractivity contribution in [2.45, 2.75) is 53.1 Å². The number of benzene rings is 2. The molecule has 0 radical (unpaired) electrons. The molecule has 2 aromatic rings. The molecule has 0 aromatic heterocycles. The van der Waals surface area contributed by atoms with Crippen LogP contribution in [0.5, 0.6) is 5.75 Å². The lowest BCUT2D eigenvalue weighted by Gasteiger charge is -2.30. The van der Waals surface area contributed by atoms with Crippen molar-refractivity contribution in [2.24, 2.45) is 0 Å². The molecule has 0 spiro atoms. The Hall–Kier alpha value is -2.82. The highest BCUT2D eigenvalue weighted by Gasteiger charge is 2.26. The number of hydrogen-bond acceptors (Lipinski definition) is 3. The summed E-state index contributed by atoms with van der Waals surface area (Å²) in [4.78, 5) is 26.5. The molecule has 0 aliphatic heterocycles. The molecule has 0 fully saturated rings. The highest BCUT2D eigenvalue weighted by molar-refractivity contribution is 6.35. The first kappa shape index (κ1) is 22.5. The molecule has 1 N–H and O–H groups in total. The number of aryl methyl sites for hydroxylation is 1. The van der Waals surface area contributed by atoms with E-state index in [0.717, 1.165) is 22.4 Å². The van der Waals surface area contributed by atoms with Crippen molar-refractivity contribution in [1.29, 1.82) is 0 Å². The zero-order chi connectivity index (χ0) is 21.6. The summed E-state index contributed by atoms with van der Waals surface area (Å²) >= 11 is 0. The van der Waals surface area contributed by atoms with E-state index in [9.17, 15) is 9.59 Å². The minimum atomic E-state index is -0.563. The highest BCUT2D eigenvalue weighted by atomic mass is 16.5. The quantitative estimate of drug-likeness (QED) is 0.721. The van der Waals surface area contributed by atoms with Crippen molar-refractivity contribution in [3.8, 4) is 16.9 Å². The maximum Gasteiger partial charge on any atom is 0.312 e. The molecule has 0 bridgehead atoms. The number of amides is 2. The smallest absolute Gasteiger partial charge is 0.312 e. The van der Waals surface area contributed by atoms with Gasteiger partial charge in [0, 0.05) is 18.6 Å². The molecule has 2 amide bonds. The predicted molar refractivity (Wildman–Crippen MR) is 117 cm³/mol. The van der Waals surface area contributed by atoms with Gasteiger partial charge >= 0.3 is 11.8 Å². The van der Waals surface area contributed by atoms with Gasteiger partial charge < -0.3 is 15.0 Å². The summed E-state index contributed by atoms with van der Waals surface area (Å²) in [6.45, 7) is 10.1. The van der Waals surface area contributed by atoms with Crippen LogP contribution in [0.25, 0.3) is 11.1 Å². The van der Waals surface area contributed by atoms with E-state index in [0.29, 0.717) is 13.0 Å². The second-order valence-corrected chi connectivity index (χ2v) is 7.79. The largest absolute Gasteiger partial charge is 0.497 e. The Morgan fingerprint density at radius 3 is 2.17 bits per heavy atom. The van der Waals surface area contributed by atoms with E-state index in [4.69, 9.17) is 4.74 Å². The molecule has 0 heterocycles. The molecule has 0 aliphatic rings. The van der Waals surface area contributed by atoms with Gasteiger partial charge in [0.05, 0.1) is 7.11 Å². The summed E-state index contributed by atoms with van der Waals surface area (Å²) in [5, 5.41) is 2.78. The van der Waals surface area contributed by atoms with Crippen LogP contribution in [0.4, 0.5) is 0 Å². The molecule has 0 unspecified atom stereocenters. The van der Waals surface area contributed by atoms with Gasteiger partial charge in [0.15, 0.2) is 0 Å². The molecule has 2 aromatic carbocycles. The Balaban J connectivity index is 2.12. The van der Waals surface area contributed by atoms with Gasteiger partial charge in [-0.15, -0.1) is 0 Å². The summed E-state index contributed by atoms with van der Waals surface area (Å²) < 4.78 is 5.37. The Bertz CT molecular complexity index is 834. The third kappa shape index (κ3) is 5.83. The van der Waals surface area contributed by atoms with E-state index in [2.05, 4.69) is 36.5 Å². The fourth-order valence-electron chi connectivity index (χ4n) is 3.49. The van der Waals surface area contributed by atoms with Gasteiger partial charge in [-0.1, -0.05) is 35.9 Å². The van der Waals surface area contributed by atoms with E-state index in [1.165, 1.54) is 5.56 Å². The number of methoxy groups -OCH3 is 1. The summed E-state index contributed by atoms with van der Waals surface area (Å²) in [6, 6.07) is 14.2. The summed E-state index contributed by atoms with van der Waals surface area (Å²) in [6.07, 6.45) is 0.600. The average molecular weight is 397 g/mol. The second-order valence-electron chi connectivity index (χ2n) is 7.79. The van der Waals surface area contributed by atoms with Gasteiger partial charge in [0.1, 0.15) is 5.75 Å². The average Bonchev–Trinajstić information content (AvgIpc) is 2.68. The maximum atomic E-state index is 12.5. The van der Waals surface area contributed by atoms with E-state index < -0.39 is 11.8 Å². The third-order valence-corrected chi connectivity index (χ3v) is 4.90. The summed E-state index contributed by atoms with van der Waals surface area (Å²) in [5.41, 5.74) is 4.47. The molecule has 2 rings (SSSR count). The van der Waals surface area contributed by atoms with Crippen LogP contribution in [0.1, 0.15) is 38.8 Å². The van der Waals surface area contributed by atoms with E-state index >= 15 is 0 Å². The number of hydrogen-bond donors (Lipinski definition) is 1. The monoisotopic (exact) mass is 396 g/mol. The van der Waals surface area contributed by atoms with Crippen molar-refractivity contribution in [3.63, 3.8) is 0 Å². The lowest BCUT2D eigenvalue weighted by atomic mass is 9.96. The van der Waals surface area contributed by atoms with Crippen molar-refractivity contribution >= 4 is 11.8 Å². The van der Waals surface area contributed by atoms with Crippen LogP contribution < -0.4 is 10.1 Å². The van der Waals surface area contributed by atoms with Gasteiger partial charge in [-0.2, -0.15) is 0 Å². The van der Waals surface area contributed by atoms with Crippen molar-refractivity contribution < 1.29 is 14.3 Å². The SMILES string of the molecule is COc1ccc(-c2ccc(C)cc2)c(CCNC(=O)C(=O)N(C(C)C)C(C)C)c1. The zero-order valence-corrected chi connectivity index (χ0v) is 18.3. The fraction of sp³-hybridized carbons (Fsp3) is 0.417. The van der Waals surface area contributed by atoms with Crippen LogP contribution in [0, 0.1) is 6.92 Å². The van der Waals surface area contributed by atoms with Crippen LogP contribution in [0.15, 0.2) is 42.5 Å². The van der Waals surface area contributed by atoms with Crippen LogP contribution in [-0.2, 0) is 16.0 Å². The van der Waals surface area contributed by atoms with Gasteiger partial charge in [0.25, 0.3) is 0 Å². The Labute approximate surface area is 174 Å². The first-order valence-corrected chi connectivity index (χ1v) is 10.1. The maximum absolute atomic E-state index is 12.5.